The van der Waals surface area contributed by atoms with Crippen LogP contribution in [0.4, 0.5) is 18.9 Å². The van der Waals surface area contributed by atoms with Gasteiger partial charge in [0.2, 0.25) is 11.8 Å². The summed E-state index contributed by atoms with van der Waals surface area (Å²) in [4.78, 5) is 29.1. The molecule has 2 aromatic rings. The van der Waals surface area contributed by atoms with E-state index in [9.17, 15) is 22.8 Å². The van der Waals surface area contributed by atoms with Crippen LogP contribution in [0.3, 0.4) is 0 Å². The average molecular weight is 475 g/mol. The molecule has 0 aromatic heterocycles. The van der Waals surface area contributed by atoms with Crippen LogP contribution in [-0.4, -0.2) is 60.4 Å². The van der Waals surface area contributed by atoms with Gasteiger partial charge in [0.05, 0.1) is 17.6 Å². The zero-order valence-corrected chi connectivity index (χ0v) is 19.2. The van der Waals surface area contributed by atoms with Gasteiger partial charge in [-0.05, 0) is 43.8 Å². The number of carbonyl (C=O) groups excluding carboxylic acids is 2. The van der Waals surface area contributed by atoms with Crippen LogP contribution in [0.25, 0.3) is 0 Å². The molecule has 2 N–H and O–H groups in total. The minimum Gasteiger partial charge on any atom is -0.348 e. The van der Waals surface area contributed by atoms with Crippen LogP contribution in [0, 0.1) is 5.92 Å². The SMILES string of the molecule is CC(=O)N[C@@]12CN(CC(=O)Nc3cccc(C(F)(F)F)c3)CC[C@@H]1[C@@H](c1ccccc1)N(C)C2. The summed E-state index contributed by atoms with van der Waals surface area (Å²) in [5.74, 6) is -0.337. The highest BCUT2D eigenvalue weighted by Gasteiger charge is 2.54. The molecule has 0 spiro atoms. The Labute approximate surface area is 197 Å². The van der Waals surface area contributed by atoms with Gasteiger partial charge in [-0.25, -0.2) is 0 Å². The molecule has 0 saturated carbocycles. The Morgan fingerprint density at radius 2 is 1.82 bits per heavy atom. The van der Waals surface area contributed by atoms with E-state index in [1.54, 1.807) is 0 Å². The molecule has 2 fully saturated rings. The Kier molecular flexibility index (Phi) is 6.69. The van der Waals surface area contributed by atoms with E-state index >= 15 is 0 Å². The lowest BCUT2D eigenvalue weighted by Crippen LogP contribution is -2.64. The smallest absolute Gasteiger partial charge is 0.348 e. The molecule has 0 unspecified atom stereocenters. The molecule has 0 bridgehead atoms. The minimum atomic E-state index is -4.48. The Hall–Kier alpha value is -2.91. The second-order valence-corrected chi connectivity index (χ2v) is 9.34. The highest BCUT2D eigenvalue weighted by molar-refractivity contribution is 5.92. The molecule has 4 rings (SSSR count). The first-order valence-corrected chi connectivity index (χ1v) is 11.3. The molecular formula is C25H29F3N4O2. The summed E-state index contributed by atoms with van der Waals surface area (Å²) < 4.78 is 38.9. The fraction of sp³-hybridized carbons (Fsp3) is 0.440. The van der Waals surface area contributed by atoms with Gasteiger partial charge in [-0.2, -0.15) is 13.2 Å². The Morgan fingerprint density at radius 3 is 2.50 bits per heavy atom. The number of hydrogen-bond acceptors (Lipinski definition) is 4. The quantitative estimate of drug-likeness (QED) is 0.696. The summed E-state index contributed by atoms with van der Waals surface area (Å²) in [5.41, 5.74) is -0.0267. The Bertz CT molecular complexity index is 1050. The van der Waals surface area contributed by atoms with Crippen molar-refractivity contribution in [2.45, 2.75) is 31.1 Å². The number of hydrogen-bond donors (Lipinski definition) is 2. The first-order chi connectivity index (χ1) is 16.1. The van der Waals surface area contributed by atoms with Gasteiger partial charge >= 0.3 is 6.18 Å². The molecule has 2 aromatic carbocycles. The van der Waals surface area contributed by atoms with E-state index in [1.165, 1.54) is 24.6 Å². The first-order valence-electron chi connectivity index (χ1n) is 11.3. The summed E-state index contributed by atoms with van der Waals surface area (Å²) in [6, 6.07) is 14.9. The van der Waals surface area contributed by atoms with Gasteiger partial charge in [-0.15, -0.1) is 0 Å². The van der Waals surface area contributed by atoms with Crippen molar-refractivity contribution in [3.8, 4) is 0 Å². The third-order valence-electron chi connectivity index (χ3n) is 6.77. The van der Waals surface area contributed by atoms with Crippen LogP contribution in [-0.2, 0) is 15.8 Å². The van der Waals surface area contributed by atoms with Gasteiger partial charge in [-0.3, -0.25) is 19.4 Å². The van der Waals surface area contributed by atoms with Crippen molar-refractivity contribution < 1.29 is 22.8 Å². The van der Waals surface area contributed by atoms with Gasteiger partial charge in [-0.1, -0.05) is 36.4 Å². The third kappa shape index (κ3) is 5.10. The topological polar surface area (TPSA) is 64.7 Å². The second-order valence-electron chi connectivity index (χ2n) is 9.34. The number of likely N-dealkylation sites (N-methyl/N-ethyl adjacent to an activating group) is 1. The zero-order valence-electron chi connectivity index (χ0n) is 19.2. The van der Waals surface area contributed by atoms with E-state index < -0.39 is 17.3 Å². The van der Waals surface area contributed by atoms with Crippen LogP contribution < -0.4 is 10.6 Å². The van der Waals surface area contributed by atoms with Crippen molar-refractivity contribution in [3.63, 3.8) is 0 Å². The predicted octanol–water partition coefficient (Wildman–Crippen LogP) is 3.53. The molecule has 2 saturated heterocycles. The number of piperidine rings is 1. The number of anilines is 1. The number of fused-ring (bicyclic) bond motifs is 1. The van der Waals surface area contributed by atoms with Crippen molar-refractivity contribution >= 4 is 17.5 Å². The largest absolute Gasteiger partial charge is 0.416 e. The molecule has 0 radical (unpaired) electrons. The van der Waals surface area contributed by atoms with E-state index in [-0.39, 0.29) is 36.0 Å². The van der Waals surface area contributed by atoms with Crippen molar-refractivity contribution in [3.05, 3.63) is 65.7 Å². The number of rotatable bonds is 5. The summed E-state index contributed by atoms with van der Waals surface area (Å²) in [7, 11) is 2.05. The molecule has 0 aliphatic carbocycles. The van der Waals surface area contributed by atoms with Crippen LogP contribution >= 0.6 is 0 Å². The van der Waals surface area contributed by atoms with Crippen LogP contribution in [0.1, 0.15) is 30.5 Å². The fourth-order valence-corrected chi connectivity index (χ4v) is 5.64. The van der Waals surface area contributed by atoms with E-state index in [1.807, 2.05) is 30.1 Å². The predicted molar refractivity (Wildman–Crippen MR) is 123 cm³/mol. The fourth-order valence-electron chi connectivity index (χ4n) is 5.64. The summed E-state index contributed by atoms with van der Waals surface area (Å²) in [6.45, 7) is 3.31. The van der Waals surface area contributed by atoms with Crippen LogP contribution in [0.2, 0.25) is 0 Å². The molecule has 2 amide bonds. The normalized spacial score (nSPS) is 25.6. The molecule has 2 heterocycles. The van der Waals surface area contributed by atoms with Gasteiger partial charge in [0.15, 0.2) is 0 Å². The Balaban J connectivity index is 1.48. The molecule has 2 aliphatic heterocycles. The van der Waals surface area contributed by atoms with E-state index in [0.717, 1.165) is 18.6 Å². The number of nitrogens with zero attached hydrogens (tertiary/aromatic N) is 2. The molecule has 2 aliphatic rings. The monoisotopic (exact) mass is 474 g/mol. The molecule has 34 heavy (non-hydrogen) atoms. The number of halogens is 3. The maximum Gasteiger partial charge on any atom is 0.416 e. The average Bonchev–Trinajstić information content (AvgIpc) is 3.03. The number of amides is 2. The highest BCUT2D eigenvalue weighted by atomic mass is 19.4. The number of likely N-dealkylation sites (tertiary alicyclic amines) is 2. The lowest BCUT2D eigenvalue weighted by molar-refractivity contribution is -0.137. The van der Waals surface area contributed by atoms with Crippen molar-refractivity contribution in [2.75, 3.05) is 38.5 Å². The maximum atomic E-state index is 13.0. The lowest BCUT2D eigenvalue weighted by Gasteiger charge is -2.45. The number of benzene rings is 2. The summed E-state index contributed by atoms with van der Waals surface area (Å²) >= 11 is 0. The van der Waals surface area contributed by atoms with Gasteiger partial charge in [0, 0.05) is 37.7 Å². The maximum absolute atomic E-state index is 13.0. The van der Waals surface area contributed by atoms with Crippen molar-refractivity contribution in [1.82, 2.24) is 15.1 Å². The van der Waals surface area contributed by atoms with Crippen molar-refractivity contribution in [1.29, 1.82) is 0 Å². The standard InChI is InChI=1S/C25H29F3N4O2/c1-17(33)30-24-15-31(2)23(18-7-4-3-5-8-18)21(24)11-12-32(16-24)14-22(34)29-20-10-6-9-19(13-20)25(26,27)28/h3-10,13,21,23H,11-12,14-16H2,1-2H3,(H,29,34)(H,30,33)/t21-,23-,24+/m1/s1. The molecule has 9 heteroatoms. The number of carbonyl (C=O) groups is 2. The Morgan fingerprint density at radius 1 is 1.09 bits per heavy atom. The van der Waals surface area contributed by atoms with Gasteiger partial charge < -0.3 is 10.6 Å². The lowest BCUT2D eigenvalue weighted by atomic mass is 9.75. The van der Waals surface area contributed by atoms with E-state index in [0.29, 0.717) is 19.6 Å². The van der Waals surface area contributed by atoms with Gasteiger partial charge in [0.25, 0.3) is 0 Å². The molecule has 6 nitrogen and oxygen atoms in total. The minimum absolute atomic E-state index is 0.0318. The number of alkyl halides is 3. The second kappa shape index (κ2) is 9.38. The van der Waals surface area contributed by atoms with E-state index in [4.69, 9.17) is 0 Å². The van der Waals surface area contributed by atoms with E-state index in [2.05, 4.69) is 27.7 Å². The number of nitrogens with one attached hydrogen (secondary N) is 2. The zero-order chi connectivity index (χ0) is 24.5. The summed E-state index contributed by atoms with van der Waals surface area (Å²) in [5, 5.41) is 5.77. The highest BCUT2D eigenvalue weighted by Crippen LogP contribution is 2.46. The summed E-state index contributed by atoms with van der Waals surface area (Å²) in [6.07, 6.45) is -3.70. The van der Waals surface area contributed by atoms with Crippen LogP contribution in [0.15, 0.2) is 54.6 Å². The van der Waals surface area contributed by atoms with Crippen molar-refractivity contribution in [2.24, 2.45) is 5.92 Å². The first kappa shape index (κ1) is 24.2. The molecule has 182 valence electrons. The molecular weight excluding hydrogens is 445 g/mol. The van der Waals surface area contributed by atoms with Crippen LogP contribution in [0.5, 0.6) is 0 Å². The molecule has 3 atom stereocenters. The van der Waals surface area contributed by atoms with Gasteiger partial charge in [0.1, 0.15) is 0 Å². The third-order valence-corrected chi connectivity index (χ3v) is 6.77.